The number of phosphoric ester groups is 1. The Bertz CT molecular complexity index is 1370. The third kappa shape index (κ3) is 33.7. The molecule has 0 aromatic rings. The van der Waals surface area contributed by atoms with Crippen molar-refractivity contribution in [3.8, 4) is 0 Å². The molecular weight excluding hydrogens is 822 g/mol. The van der Waals surface area contributed by atoms with Crippen LogP contribution in [0.5, 0.6) is 0 Å². The van der Waals surface area contributed by atoms with E-state index in [0.29, 0.717) is 43.1 Å². The van der Waals surface area contributed by atoms with E-state index in [-0.39, 0.29) is 44.2 Å². The number of hydrogen-bond acceptors (Lipinski definition) is 11. The zero-order valence-electron chi connectivity index (χ0n) is 40.0. The van der Waals surface area contributed by atoms with E-state index < -0.39 is 50.6 Å². The van der Waals surface area contributed by atoms with Crippen molar-refractivity contribution < 1.29 is 57.1 Å². The first-order valence-electron chi connectivity index (χ1n) is 24.4. The summed E-state index contributed by atoms with van der Waals surface area (Å²) in [7, 11) is 0.996. The Kier molecular flexibility index (Phi) is 34.2. The van der Waals surface area contributed by atoms with Crippen molar-refractivity contribution >= 4 is 25.5 Å². The van der Waals surface area contributed by atoms with Crippen LogP contribution in [0, 0.1) is 11.8 Å². The van der Waals surface area contributed by atoms with Gasteiger partial charge in [0.05, 0.1) is 40.0 Å². The molecule has 1 fully saturated rings. The Balaban J connectivity index is 2.45. The predicted molar refractivity (Wildman–Crippen MR) is 251 cm³/mol. The largest absolute Gasteiger partial charge is 0.756 e. The van der Waals surface area contributed by atoms with E-state index in [1.807, 2.05) is 33.3 Å². The molecule has 1 aliphatic carbocycles. The van der Waals surface area contributed by atoms with Crippen molar-refractivity contribution in [2.45, 2.75) is 193 Å². The van der Waals surface area contributed by atoms with Crippen LogP contribution in [0.3, 0.4) is 0 Å². The van der Waals surface area contributed by atoms with Gasteiger partial charge in [-0.15, -0.1) is 0 Å². The number of aliphatic hydroxyl groups is 2. The molecule has 6 atom stereocenters. The lowest BCUT2D eigenvalue weighted by Gasteiger charge is -2.28. The molecule has 0 aliphatic heterocycles. The second-order valence-corrected chi connectivity index (χ2v) is 19.7. The van der Waals surface area contributed by atoms with Crippen LogP contribution in [-0.2, 0) is 37.5 Å². The lowest BCUT2D eigenvalue weighted by Crippen LogP contribution is -2.37. The summed E-state index contributed by atoms with van der Waals surface area (Å²) in [6, 6.07) is 0. The number of nitrogens with zero attached hydrogens (tertiary/aromatic N) is 1. The fraction of sp³-hybridized carbons (Fsp3) is 0.780. The van der Waals surface area contributed by atoms with Crippen molar-refractivity contribution in [1.29, 1.82) is 0 Å². The number of likely N-dealkylation sites (N-methyl/N-ethyl adjacent to an activating group) is 1. The van der Waals surface area contributed by atoms with Gasteiger partial charge in [0.1, 0.15) is 25.5 Å². The fourth-order valence-electron chi connectivity index (χ4n) is 7.25. The SMILES string of the molecule is CCCCC/C=C\C/C=C\CCCCCCCCCCCC(=O)OC[C@H](COP(=O)([O-])OCC[N+](C)(C)C)OC(=O)CCC/C=C\C[C@H]1[C@@H](O)CC(=O)[C@@H]1/C=C/[C@@H](O)CCCCC. The highest BCUT2D eigenvalue weighted by Gasteiger charge is 2.39. The quantitative estimate of drug-likeness (QED) is 0.0197. The van der Waals surface area contributed by atoms with Gasteiger partial charge in [0.25, 0.3) is 7.82 Å². The number of esters is 2. The van der Waals surface area contributed by atoms with Gasteiger partial charge in [-0.3, -0.25) is 18.9 Å². The number of quaternary nitrogens is 1. The first-order chi connectivity index (χ1) is 30.2. The van der Waals surface area contributed by atoms with Crippen LogP contribution < -0.4 is 4.89 Å². The maximum atomic E-state index is 12.8. The number of Topliss-reactive ketones (excluding diaryl/α,β-unsaturated/α-hetero) is 1. The number of hydrogen-bond donors (Lipinski definition) is 2. The molecule has 364 valence electrons. The van der Waals surface area contributed by atoms with Crippen LogP contribution in [0.1, 0.15) is 174 Å². The van der Waals surface area contributed by atoms with Gasteiger partial charge in [0.15, 0.2) is 6.10 Å². The Morgan fingerprint density at radius 1 is 0.762 bits per heavy atom. The fourth-order valence-corrected chi connectivity index (χ4v) is 7.98. The maximum Gasteiger partial charge on any atom is 0.306 e. The molecule has 0 aromatic carbocycles. The topological polar surface area (TPSA) is 169 Å². The van der Waals surface area contributed by atoms with E-state index in [4.69, 9.17) is 18.5 Å². The third-order valence-electron chi connectivity index (χ3n) is 11.2. The second-order valence-electron chi connectivity index (χ2n) is 18.3. The van der Waals surface area contributed by atoms with E-state index in [2.05, 4.69) is 38.2 Å². The molecule has 1 rings (SSSR count). The first kappa shape index (κ1) is 58.6. The van der Waals surface area contributed by atoms with Crippen molar-refractivity contribution in [1.82, 2.24) is 0 Å². The standard InChI is InChI=1S/C50H88NO11P/c1-6-8-10-11-12-13-14-15-16-17-18-19-20-21-22-23-24-25-30-34-49(55)59-41-44(42-61-63(57,58)60-39-38-51(3,4)5)62-50(56)35-31-27-26-29-33-45-46(48(54)40-47(45)53)37-36-43(52)32-28-9-7-2/h12-13,15-16,26,29,36-37,43-47,52-53H,6-11,14,17-25,27-28,30-35,38-42H2,1-5H3/b13-12-,16-15-,29-26-,37-36+/t43-,44+,45+,46+,47-/m0/s1. The number of allylic oxidation sites excluding steroid dienone is 7. The Hall–Kier alpha value is -2.44. The molecule has 0 saturated heterocycles. The zero-order valence-corrected chi connectivity index (χ0v) is 40.9. The molecule has 0 heterocycles. The summed E-state index contributed by atoms with van der Waals surface area (Å²) in [4.78, 5) is 50.4. The molecule has 0 amide bonds. The average Bonchev–Trinajstić information content (AvgIpc) is 3.50. The van der Waals surface area contributed by atoms with Gasteiger partial charge < -0.3 is 38.1 Å². The van der Waals surface area contributed by atoms with Gasteiger partial charge in [0, 0.05) is 31.1 Å². The Labute approximate surface area is 382 Å². The van der Waals surface area contributed by atoms with E-state index in [9.17, 15) is 34.1 Å². The number of carbonyl (C=O) groups excluding carboxylic acids is 3. The Morgan fingerprint density at radius 2 is 1.33 bits per heavy atom. The number of ether oxygens (including phenoxy) is 2. The summed E-state index contributed by atoms with van der Waals surface area (Å²) in [6.45, 7) is 3.78. The number of carbonyl (C=O) groups is 3. The maximum absolute atomic E-state index is 12.8. The van der Waals surface area contributed by atoms with Gasteiger partial charge in [-0.2, -0.15) is 0 Å². The molecular formula is C50H88NO11P. The molecule has 1 aliphatic rings. The smallest absolute Gasteiger partial charge is 0.306 e. The molecule has 2 N–H and O–H groups in total. The lowest BCUT2D eigenvalue weighted by molar-refractivity contribution is -0.870. The number of phosphoric acid groups is 1. The molecule has 13 heteroatoms. The zero-order chi connectivity index (χ0) is 46.6. The highest BCUT2D eigenvalue weighted by molar-refractivity contribution is 7.45. The van der Waals surface area contributed by atoms with E-state index in [0.717, 1.165) is 51.4 Å². The molecule has 0 aromatic heterocycles. The van der Waals surface area contributed by atoms with Crippen LogP contribution in [0.25, 0.3) is 0 Å². The summed E-state index contributed by atoms with van der Waals surface area (Å²) >= 11 is 0. The highest BCUT2D eigenvalue weighted by Crippen LogP contribution is 2.38. The van der Waals surface area contributed by atoms with Gasteiger partial charge in [-0.05, 0) is 64.2 Å². The van der Waals surface area contributed by atoms with Crippen molar-refractivity contribution in [2.75, 3.05) is 47.5 Å². The molecule has 1 saturated carbocycles. The number of aliphatic hydroxyl groups excluding tert-OH is 2. The molecule has 1 unspecified atom stereocenters. The minimum absolute atomic E-state index is 0.0321. The minimum atomic E-state index is -4.71. The summed E-state index contributed by atoms with van der Waals surface area (Å²) in [6.07, 6.45) is 36.4. The van der Waals surface area contributed by atoms with Crippen molar-refractivity contribution in [2.24, 2.45) is 11.8 Å². The van der Waals surface area contributed by atoms with Gasteiger partial charge in [-0.25, -0.2) is 0 Å². The van der Waals surface area contributed by atoms with Crippen LogP contribution in [0.15, 0.2) is 48.6 Å². The van der Waals surface area contributed by atoms with Crippen LogP contribution in [0.2, 0.25) is 0 Å². The highest BCUT2D eigenvalue weighted by atomic mass is 31.2. The summed E-state index contributed by atoms with van der Waals surface area (Å²) < 4.78 is 33.9. The molecule has 12 nitrogen and oxygen atoms in total. The predicted octanol–water partition coefficient (Wildman–Crippen LogP) is 10.2. The van der Waals surface area contributed by atoms with Crippen LogP contribution >= 0.6 is 7.82 Å². The number of rotatable bonds is 40. The second kappa shape index (κ2) is 36.7. The number of ketones is 1. The van der Waals surface area contributed by atoms with E-state index in [1.165, 1.54) is 57.8 Å². The van der Waals surface area contributed by atoms with E-state index >= 15 is 0 Å². The van der Waals surface area contributed by atoms with Gasteiger partial charge in [0.2, 0.25) is 0 Å². The summed E-state index contributed by atoms with van der Waals surface area (Å²) in [5.74, 6) is -1.81. The summed E-state index contributed by atoms with van der Waals surface area (Å²) in [5, 5.41) is 20.8. The average molecular weight is 910 g/mol. The number of unbranched alkanes of at least 4 members (excludes halogenated alkanes) is 15. The molecule has 0 radical (unpaired) electrons. The normalized spacial score (nSPS) is 19.2. The molecule has 0 spiro atoms. The van der Waals surface area contributed by atoms with Gasteiger partial charge >= 0.3 is 11.9 Å². The van der Waals surface area contributed by atoms with Crippen LogP contribution in [0.4, 0.5) is 0 Å². The summed E-state index contributed by atoms with van der Waals surface area (Å²) in [5.41, 5.74) is 0. The van der Waals surface area contributed by atoms with E-state index in [1.54, 1.807) is 12.2 Å². The minimum Gasteiger partial charge on any atom is -0.756 e. The van der Waals surface area contributed by atoms with Gasteiger partial charge in [-0.1, -0.05) is 140 Å². The lowest BCUT2D eigenvalue weighted by atomic mass is 9.90. The van der Waals surface area contributed by atoms with Crippen LogP contribution in [-0.4, -0.2) is 98.2 Å². The van der Waals surface area contributed by atoms with Crippen molar-refractivity contribution in [3.05, 3.63) is 48.6 Å². The first-order valence-corrected chi connectivity index (χ1v) is 25.9. The molecule has 0 bridgehead atoms. The monoisotopic (exact) mass is 910 g/mol. The molecule has 63 heavy (non-hydrogen) atoms. The van der Waals surface area contributed by atoms with Crippen molar-refractivity contribution in [3.63, 3.8) is 0 Å². The Morgan fingerprint density at radius 3 is 1.98 bits per heavy atom. The third-order valence-corrected chi connectivity index (χ3v) is 12.2.